The highest BCUT2D eigenvalue weighted by atomic mass is 32.1. The summed E-state index contributed by atoms with van der Waals surface area (Å²) >= 11 is 1.49. The zero-order valence-electron chi connectivity index (χ0n) is 15.4. The van der Waals surface area contributed by atoms with Crippen molar-refractivity contribution in [2.45, 2.75) is 32.8 Å². The van der Waals surface area contributed by atoms with E-state index < -0.39 is 0 Å². The van der Waals surface area contributed by atoms with Crippen LogP contribution in [0.3, 0.4) is 0 Å². The van der Waals surface area contributed by atoms with Crippen LogP contribution in [0.4, 0.5) is 5.13 Å². The van der Waals surface area contributed by atoms with Crippen LogP contribution in [0.15, 0.2) is 0 Å². The third-order valence-electron chi connectivity index (χ3n) is 4.96. The fraction of sp³-hybridized carbons (Fsp3) is 0.778. The molecule has 1 aromatic rings. The first-order valence-electron chi connectivity index (χ1n) is 9.32. The first-order valence-corrected chi connectivity index (χ1v) is 10.1. The Labute approximate surface area is 155 Å². The molecule has 138 valence electrons. The van der Waals surface area contributed by atoms with Gasteiger partial charge in [0.05, 0.1) is 12.6 Å². The highest BCUT2D eigenvalue weighted by Gasteiger charge is 2.21. The number of ether oxygens (including phenoxy) is 1. The van der Waals surface area contributed by atoms with E-state index in [1.54, 1.807) is 0 Å². The third kappa shape index (κ3) is 5.65. The molecule has 0 N–H and O–H groups in total. The number of aromatic nitrogens is 2. The van der Waals surface area contributed by atoms with Gasteiger partial charge < -0.3 is 14.5 Å². The van der Waals surface area contributed by atoms with Crippen LogP contribution in [0.25, 0.3) is 0 Å². The van der Waals surface area contributed by atoms with Crippen molar-refractivity contribution < 1.29 is 4.74 Å². The lowest BCUT2D eigenvalue weighted by Crippen LogP contribution is -2.46. The Bertz CT molecular complexity index is 580. The lowest BCUT2D eigenvalue weighted by Gasteiger charge is -2.32. The maximum absolute atomic E-state index is 5.94. The summed E-state index contributed by atoms with van der Waals surface area (Å²) in [6.07, 6.45) is 2.41. The average Bonchev–Trinajstić information content (AvgIpc) is 3.09. The summed E-state index contributed by atoms with van der Waals surface area (Å²) in [5.41, 5.74) is 0. The fourth-order valence-electron chi connectivity index (χ4n) is 3.27. The lowest BCUT2D eigenvalue weighted by atomic mass is 10.1. The number of anilines is 1. The summed E-state index contributed by atoms with van der Waals surface area (Å²) in [6, 6.07) is 0. The van der Waals surface area contributed by atoms with Gasteiger partial charge in [0.2, 0.25) is 5.13 Å². The van der Waals surface area contributed by atoms with Crippen LogP contribution in [0.2, 0.25) is 0 Å². The van der Waals surface area contributed by atoms with Gasteiger partial charge in [-0.25, -0.2) is 4.98 Å². The van der Waals surface area contributed by atoms with Crippen LogP contribution in [0, 0.1) is 18.8 Å². The maximum Gasteiger partial charge on any atom is 0.205 e. The van der Waals surface area contributed by atoms with Gasteiger partial charge in [-0.3, -0.25) is 4.90 Å². The van der Waals surface area contributed by atoms with Gasteiger partial charge in [0.25, 0.3) is 0 Å². The van der Waals surface area contributed by atoms with Gasteiger partial charge in [-0.05, 0) is 26.3 Å². The largest absolute Gasteiger partial charge is 0.365 e. The van der Waals surface area contributed by atoms with E-state index in [0.717, 1.165) is 63.1 Å². The van der Waals surface area contributed by atoms with Crippen LogP contribution in [-0.4, -0.2) is 84.2 Å². The van der Waals surface area contributed by atoms with E-state index in [-0.39, 0.29) is 0 Å². The van der Waals surface area contributed by atoms with Crippen molar-refractivity contribution in [1.82, 2.24) is 19.2 Å². The fourth-order valence-corrected chi connectivity index (χ4v) is 4.00. The second kappa shape index (κ2) is 9.48. The second-order valence-electron chi connectivity index (χ2n) is 6.69. The number of likely N-dealkylation sites (N-methyl/N-ethyl adjacent to an activating group) is 1. The molecule has 2 saturated heterocycles. The molecule has 3 heterocycles. The molecule has 2 fully saturated rings. The van der Waals surface area contributed by atoms with E-state index in [1.807, 2.05) is 6.92 Å². The molecule has 0 spiro atoms. The summed E-state index contributed by atoms with van der Waals surface area (Å²) in [7, 11) is 0. The first kappa shape index (κ1) is 18.6. The predicted octanol–water partition coefficient (Wildman–Crippen LogP) is 1.47. The number of hydrogen-bond acceptors (Lipinski definition) is 7. The van der Waals surface area contributed by atoms with E-state index in [0.29, 0.717) is 12.7 Å². The van der Waals surface area contributed by atoms with Crippen LogP contribution in [0.5, 0.6) is 0 Å². The Morgan fingerprint density at radius 2 is 1.80 bits per heavy atom. The van der Waals surface area contributed by atoms with Gasteiger partial charge in [-0.15, -0.1) is 0 Å². The molecule has 25 heavy (non-hydrogen) atoms. The Kier molecular flexibility index (Phi) is 7.05. The molecule has 0 unspecified atom stereocenters. The van der Waals surface area contributed by atoms with Crippen molar-refractivity contribution in [3.05, 3.63) is 5.82 Å². The molecule has 6 nitrogen and oxygen atoms in total. The zero-order chi connectivity index (χ0) is 17.5. The molecule has 3 rings (SSSR count). The minimum absolute atomic E-state index is 0.327. The molecule has 0 amide bonds. The molecule has 1 aromatic heterocycles. The molecule has 0 radical (unpaired) electrons. The highest BCUT2D eigenvalue weighted by Crippen LogP contribution is 2.22. The predicted molar refractivity (Wildman–Crippen MR) is 102 cm³/mol. The molecule has 0 aromatic carbocycles. The van der Waals surface area contributed by atoms with Gasteiger partial charge >= 0.3 is 0 Å². The number of piperidine rings is 1. The highest BCUT2D eigenvalue weighted by molar-refractivity contribution is 7.09. The maximum atomic E-state index is 5.94. The van der Waals surface area contributed by atoms with E-state index in [9.17, 15) is 0 Å². The Morgan fingerprint density at radius 3 is 2.44 bits per heavy atom. The lowest BCUT2D eigenvalue weighted by molar-refractivity contribution is 0.0594. The van der Waals surface area contributed by atoms with E-state index in [2.05, 4.69) is 42.8 Å². The Balaban J connectivity index is 1.29. The molecule has 0 saturated carbocycles. The average molecular weight is 364 g/mol. The normalized spacial score (nSPS) is 20.5. The van der Waals surface area contributed by atoms with Crippen molar-refractivity contribution in [2.75, 3.05) is 63.9 Å². The Hall–Kier alpha value is -1.20. The summed E-state index contributed by atoms with van der Waals surface area (Å²) in [5.74, 6) is 7.33. The smallest absolute Gasteiger partial charge is 0.205 e. The standard InChI is InChI=1S/C18H29N5OS/c1-3-21-11-13-22(14-12-21)8-4-5-15-24-17-6-9-23(10-7-17)18-19-16(2)20-25-18/h17H,3,6-15H2,1-2H3. The molecule has 0 atom stereocenters. The molecular formula is C18H29N5OS. The number of aryl methyl sites for hydroxylation is 1. The molecule has 2 aliphatic rings. The second-order valence-corrected chi connectivity index (χ2v) is 7.42. The third-order valence-corrected chi connectivity index (χ3v) is 5.83. The van der Waals surface area contributed by atoms with E-state index in [4.69, 9.17) is 4.74 Å². The SMILES string of the molecule is CCN1CCN(CC#CCOC2CCN(c3nc(C)ns3)CC2)CC1. The van der Waals surface area contributed by atoms with Gasteiger partial charge in [-0.2, -0.15) is 4.37 Å². The molecule has 0 aliphatic carbocycles. The van der Waals surface area contributed by atoms with Crippen LogP contribution in [0.1, 0.15) is 25.6 Å². The van der Waals surface area contributed by atoms with Crippen molar-refractivity contribution in [3.63, 3.8) is 0 Å². The van der Waals surface area contributed by atoms with E-state index >= 15 is 0 Å². The van der Waals surface area contributed by atoms with Gasteiger partial charge in [0.1, 0.15) is 12.4 Å². The van der Waals surface area contributed by atoms with Gasteiger partial charge in [0, 0.05) is 50.8 Å². The number of hydrogen-bond donors (Lipinski definition) is 0. The van der Waals surface area contributed by atoms with E-state index in [1.165, 1.54) is 24.6 Å². The first-order chi connectivity index (χ1) is 12.2. The summed E-state index contributed by atoms with van der Waals surface area (Å²) in [6.45, 7) is 13.3. The van der Waals surface area contributed by atoms with Crippen LogP contribution < -0.4 is 4.90 Å². The topological polar surface area (TPSA) is 44.7 Å². The zero-order valence-corrected chi connectivity index (χ0v) is 16.2. The van der Waals surface area contributed by atoms with Gasteiger partial charge in [-0.1, -0.05) is 18.8 Å². The number of piperazine rings is 1. The van der Waals surface area contributed by atoms with Crippen LogP contribution in [-0.2, 0) is 4.74 Å². The molecule has 0 bridgehead atoms. The summed E-state index contributed by atoms with van der Waals surface area (Å²) in [5, 5.41) is 1.04. The van der Waals surface area contributed by atoms with Crippen LogP contribution >= 0.6 is 11.5 Å². The molecule has 2 aliphatic heterocycles. The van der Waals surface area contributed by atoms with Gasteiger partial charge in [0.15, 0.2) is 0 Å². The number of rotatable bonds is 5. The molecular weight excluding hydrogens is 334 g/mol. The minimum atomic E-state index is 0.327. The van der Waals surface area contributed by atoms with Crippen molar-refractivity contribution in [2.24, 2.45) is 0 Å². The van der Waals surface area contributed by atoms with Crippen molar-refractivity contribution in [1.29, 1.82) is 0 Å². The Morgan fingerprint density at radius 1 is 1.08 bits per heavy atom. The minimum Gasteiger partial charge on any atom is -0.365 e. The summed E-state index contributed by atoms with van der Waals surface area (Å²) in [4.78, 5) is 11.7. The van der Waals surface area contributed by atoms with Crippen molar-refractivity contribution >= 4 is 16.7 Å². The monoisotopic (exact) mass is 363 g/mol. The quantitative estimate of drug-likeness (QED) is 0.739. The number of nitrogens with zero attached hydrogens (tertiary/aromatic N) is 5. The molecule has 7 heteroatoms. The summed E-state index contributed by atoms with van der Waals surface area (Å²) < 4.78 is 10.2. The van der Waals surface area contributed by atoms with Crippen molar-refractivity contribution in [3.8, 4) is 11.8 Å².